The first-order chi connectivity index (χ1) is 7.20. The zero-order valence-electron chi connectivity index (χ0n) is 8.24. The smallest absolute Gasteiger partial charge is 0.113 e. The second-order valence-electron chi connectivity index (χ2n) is 3.23. The highest BCUT2D eigenvalue weighted by Gasteiger charge is 2.11. The molecule has 1 heterocycles. The average molecular weight is 287 g/mol. The van der Waals surface area contributed by atoms with Crippen LogP contribution in [0.5, 0.6) is 0 Å². The average Bonchev–Trinajstić information content (AvgIpc) is 2.60. The minimum Gasteiger partial charge on any atom is -0.383 e. The molecule has 0 spiro atoms. The molecular weight excluding hydrogens is 276 g/mol. The van der Waals surface area contributed by atoms with Crippen molar-refractivity contribution < 1.29 is 4.74 Å². The quantitative estimate of drug-likeness (QED) is 0.944. The molecule has 0 saturated heterocycles. The molecule has 5 heteroatoms. The predicted molar refractivity (Wildman–Crippen MR) is 66.1 cm³/mol. The summed E-state index contributed by atoms with van der Waals surface area (Å²) in [5.74, 6) is 0. The maximum Gasteiger partial charge on any atom is 0.113 e. The molecule has 0 aliphatic carbocycles. The number of methoxy groups -OCH3 is 1. The number of hydrogen-bond acceptors (Lipinski definition) is 4. The van der Waals surface area contributed by atoms with Crippen LogP contribution < -0.4 is 5.73 Å². The minimum absolute atomic E-state index is 0.133. The van der Waals surface area contributed by atoms with Gasteiger partial charge in [0.05, 0.1) is 22.9 Å². The van der Waals surface area contributed by atoms with Gasteiger partial charge < -0.3 is 10.5 Å². The van der Waals surface area contributed by atoms with Gasteiger partial charge in [-0.05, 0) is 18.2 Å². The highest BCUT2D eigenvalue weighted by molar-refractivity contribution is 9.10. The molecule has 0 amide bonds. The number of nitrogens with zero attached hydrogens (tertiary/aromatic N) is 1. The third-order valence-electron chi connectivity index (χ3n) is 2.03. The maximum absolute atomic E-state index is 5.92. The molecule has 2 aromatic rings. The Bertz CT molecular complexity index is 471. The molecule has 1 aromatic heterocycles. The van der Waals surface area contributed by atoms with E-state index in [0.29, 0.717) is 6.61 Å². The number of nitrogens with two attached hydrogens (primary N) is 1. The molecule has 1 aromatic carbocycles. The van der Waals surface area contributed by atoms with Gasteiger partial charge >= 0.3 is 0 Å². The SMILES string of the molecule is COCC(N)c1nc2ccc(Br)cc2s1. The van der Waals surface area contributed by atoms with Crippen molar-refractivity contribution in [3.63, 3.8) is 0 Å². The Balaban J connectivity index is 2.38. The second kappa shape index (κ2) is 4.57. The summed E-state index contributed by atoms with van der Waals surface area (Å²) in [5, 5.41) is 0.921. The van der Waals surface area contributed by atoms with Crippen molar-refractivity contribution in [3.05, 3.63) is 27.7 Å². The van der Waals surface area contributed by atoms with E-state index in [4.69, 9.17) is 10.5 Å². The van der Waals surface area contributed by atoms with Crippen LogP contribution in [0.15, 0.2) is 22.7 Å². The summed E-state index contributed by atoms with van der Waals surface area (Å²) < 4.78 is 7.22. The molecule has 0 saturated carbocycles. The fourth-order valence-electron chi connectivity index (χ4n) is 1.33. The van der Waals surface area contributed by atoms with Crippen molar-refractivity contribution in [2.75, 3.05) is 13.7 Å². The van der Waals surface area contributed by atoms with Gasteiger partial charge in [-0.1, -0.05) is 15.9 Å². The van der Waals surface area contributed by atoms with Crippen molar-refractivity contribution in [2.45, 2.75) is 6.04 Å². The molecule has 2 rings (SSSR count). The third kappa shape index (κ3) is 2.36. The first kappa shape index (κ1) is 11.0. The zero-order chi connectivity index (χ0) is 10.8. The Hall–Kier alpha value is -0.490. The van der Waals surface area contributed by atoms with Crippen molar-refractivity contribution in [1.82, 2.24) is 4.98 Å². The van der Waals surface area contributed by atoms with Crippen LogP contribution in [0.25, 0.3) is 10.2 Å². The van der Waals surface area contributed by atoms with Crippen LogP contribution in [-0.2, 0) is 4.74 Å². The first-order valence-corrected chi connectivity index (χ1v) is 6.12. The highest BCUT2D eigenvalue weighted by atomic mass is 79.9. The van der Waals surface area contributed by atoms with Crippen LogP contribution in [-0.4, -0.2) is 18.7 Å². The molecule has 1 atom stereocenters. The number of thiazole rings is 1. The predicted octanol–water partition coefficient (Wildman–Crippen LogP) is 2.71. The van der Waals surface area contributed by atoms with Gasteiger partial charge in [0.2, 0.25) is 0 Å². The molecule has 0 aliphatic heterocycles. The van der Waals surface area contributed by atoms with E-state index in [2.05, 4.69) is 27.0 Å². The first-order valence-electron chi connectivity index (χ1n) is 4.51. The molecule has 0 fully saturated rings. The number of benzene rings is 1. The van der Waals surface area contributed by atoms with Crippen LogP contribution in [0.2, 0.25) is 0 Å². The van der Waals surface area contributed by atoms with Gasteiger partial charge in [0.1, 0.15) is 5.01 Å². The number of ether oxygens (including phenoxy) is 1. The normalized spacial score (nSPS) is 13.3. The molecule has 1 unspecified atom stereocenters. The van der Waals surface area contributed by atoms with Crippen LogP contribution in [0, 0.1) is 0 Å². The van der Waals surface area contributed by atoms with E-state index in [9.17, 15) is 0 Å². The lowest BCUT2D eigenvalue weighted by Gasteiger charge is -2.04. The topological polar surface area (TPSA) is 48.1 Å². The standard InChI is InChI=1S/C10H11BrN2OS/c1-14-5-7(12)10-13-8-3-2-6(11)4-9(8)15-10/h2-4,7H,5,12H2,1H3. The summed E-state index contributed by atoms with van der Waals surface area (Å²) in [7, 11) is 1.64. The summed E-state index contributed by atoms with van der Waals surface area (Å²) >= 11 is 5.05. The Morgan fingerprint density at radius 1 is 1.60 bits per heavy atom. The minimum atomic E-state index is -0.133. The Morgan fingerprint density at radius 3 is 3.13 bits per heavy atom. The van der Waals surface area contributed by atoms with E-state index in [1.165, 1.54) is 0 Å². The van der Waals surface area contributed by atoms with Gasteiger partial charge in [-0.3, -0.25) is 0 Å². The van der Waals surface area contributed by atoms with Crippen LogP contribution in [0.3, 0.4) is 0 Å². The molecule has 3 nitrogen and oxygen atoms in total. The number of halogens is 1. The molecule has 15 heavy (non-hydrogen) atoms. The molecule has 80 valence electrons. The largest absolute Gasteiger partial charge is 0.383 e. The molecular formula is C10H11BrN2OS. The Labute approximate surface area is 100 Å². The van der Waals surface area contributed by atoms with Crippen molar-refractivity contribution in [2.24, 2.45) is 5.73 Å². The van der Waals surface area contributed by atoms with E-state index in [-0.39, 0.29) is 6.04 Å². The van der Waals surface area contributed by atoms with Gasteiger partial charge in [-0.2, -0.15) is 0 Å². The van der Waals surface area contributed by atoms with E-state index >= 15 is 0 Å². The van der Waals surface area contributed by atoms with Crippen molar-refractivity contribution in [1.29, 1.82) is 0 Å². The van der Waals surface area contributed by atoms with E-state index < -0.39 is 0 Å². The molecule has 0 bridgehead atoms. The lowest BCUT2D eigenvalue weighted by molar-refractivity contribution is 0.181. The van der Waals surface area contributed by atoms with Gasteiger partial charge in [0, 0.05) is 11.6 Å². The number of fused-ring (bicyclic) bond motifs is 1. The number of aromatic nitrogens is 1. The van der Waals surface area contributed by atoms with E-state index in [1.807, 2.05) is 12.1 Å². The summed E-state index contributed by atoms with van der Waals surface area (Å²) in [4.78, 5) is 4.47. The Morgan fingerprint density at radius 2 is 2.40 bits per heavy atom. The molecule has 0 radical (unpaired) electrons. The zero-order valence-corrected chi connectivity index (χ0v) is 10.6. The lowest BCUT2D eigenvalue weighted by Crippen LogP contribution is -2.15. The van der Waals surface area contributed by atoms with Crippen LogP contribution >= 0.6 is 27.3 Å². The van der Waals surface area contributed by atoms with Gasteiger partial charge in [0.15, 0.2) is 0 Å². The van der Waals surface area contributed by atoms with E-state index in [1.54, 1.807) is 18.4 Å². The number of rotatable bonds is 3. The lowest BCUT2D eigenvalue weighted by atomic mass is 10.3. The fourth-order valence-corrected chi connectivity index (χ4v) is 2.83. The summed E-state index contributed by atoms with van der Waals surface area (Å²) in [6.07, 6.45) is 0. The molecule has 2 N–H and O–H groups in total. The van der Waals surface area contributed by atoms with Crippen molar-refractivity contribution >= 4 is 37.5 Å². The van der Waals surface area contributed by atoms with Gasteiger partial charge in [-0.25, -0.2) is 4.98 Å². The van der Waals surface area contributed by atoms with Crippen LogP contribution in [0.1, 0.15) is 11.0 Å². The monoisotopic (exact) mass is 286 g/mol. The highest BCUT2D eigenvalue weighted by Crippen LogP contribution is 2.28. The Kier molecular flexibility index (Phi) is 3.35. The van der Waals surface area contributed by atoms with E-state index in [0.717, 1.165) is 19.7 Å². The van der Waals surface area contributed by atoms with Gasteiger partial charge in [0.25, 0.3) is 0 Å². The fraction of sp³-hybridized carbons (Fsp3) is 0.300. The summed E-state index contributed by atoms with van der Waals surface area (Å²) in [6, 6.07) is 5.88. The van der Waals surface area contributed by atoms with Gasteiger partial charge in [-0.15, -0.1) is 11.3 Å². The summed E-state index contributed by atoms with van der Waals surface area (Å²) in [6.45, 7) is 0.501. The van der Waals surface area contributed by atoms with Crippen LogP contribution in [0.4, 0.5) is 0 Å². The maximum atomic E-state index is 5.92. The second-order valence-corrected chi connectivity index (χ2v) is 5.20. The molecule has 0 aliphatic rings. The third-order valence-corrected chi connectivity index (χ3v) is 3.67. The summed E-state index contributed by atoms with van der Waals surface area (Å²) in [5.41, 5.74) is 6.91. The number of hydrogen-bond donors (Lipinski definition) is 1. The van der Waals surface area contributed by atoms with Crippen molar-refractivity contribution in [3.8, 4) is 0 Å².